The van der Waals surface area contributed by atoms with Gasteiger partial charge < -0.3 is 9.32 Å². The summed E-state index contributed by atoms with van der Waals surface area (Å²) < 4.78 is 6.57. The lowest BCUT2D eigenvalue weighted by molar-refractivity contribution is 0.670. The van der Waals surface area contributed by atoms with Crippen LogP contribution in [-0.4, -0.2) is 0 Å². The van der Waals surface area contributed by atoms with Gasteiger partial charge in [0.05, 0.1) is 0 Å². The number of furan rings is 1. The fourth-order valence-electron chi connectivity index (χ4n) is 5.20. The van der Waals surface area contributed by atoms with Crippen LogP contribution in [0.1, 0.15) is 0 Å². The topological polar surface area (TPSA) is 16.4 Å². The van der Waals surface area contributed by atoms with Crippen molar-refractivity contribution in [1.29, 1.82) is 0 Å². The quantitative estimate of drug-likeness (QED) is 0.259. The number of para-hydroxylation sites is 2. The predicted octanol–water partition coefficient (Wildman–Crippen LogP) is 9.88. The summed E-state index contributed by atoms with van der Waals surface area (Å²) in [5.41, 5.74) is 7.35. The Morgan fingerprint density at radius 3 is 1.78 bits per heavy atom. The lowest BCUT2D eigenvalue weighted by atomic mass is 9.98. The molecule has 0 N–H and O–H groups in total. The van der Waals surface area contributed by atoms with Gasteiger partial charge in [-0.1, -0.05) is 97.1 Å². The molecule has 0 saturated heterocycles. The van der Waals surface area contributed by atoms with Gasteiger partial charge in [0, 0.05) is 33.4 Å². The van der Waals surface area contributed by atoms with Crippen LogP contribution in [0.25, 0.3) is 43.8 Å². The van der Waals surface area contributed by atoms with Gasteiger partial charge in [-0.05, 0) is 58.8 Å². The third-order valence-electron chi connectivity index (χ3n) is 6.82. The molecule has 2 heteroatoms. The first-order valence-electron chi connectivity index (χ1n) is 12.2. The Balaban J connectivity index is 1.61. The fraction of sp³-hybridized carbons (Fsp3) is 0. The maximum atomic E-state index is 6.57. The first-order chi connectivity index (χ1) is 17.9. The molecular weight excluding hydrogens is 438 g/mol. The molecule has 7 rings (SSSR count). The van der Waals surface area contributed by atoms with Crippen LogP contribution in [-0.2, 0) is 0 Å². The Morgan fingerprint density at radius 1 is 0.472 bits per heavy atom. The number of rotatable bonds is 4. The van der Waals surface area contributed by atoms with E-state index in [-0.39, 0.29) is 0 Å². The second-order valence-electron chi connectivity index (χ2n) is 9.00. The van der Waals surface area contributed by atoms with E-state index >= 15 is 0 Å². The highest BCUT2D eigenvalue weighted by Gasteiger charge is 2.20. The van der Waals surface area contributed by atoms with Crippen molar-refractivity contribution >= 4 is 49.8 Å². The van der Waals surface area contributed by atoms with Crippen molar-refractivity contribution < 1.29 is 4.42 Å². The molecule has 1 heterocycles. The molecule has 0 unspecified atom stereocenters. The van der Waals surface area contributed by atoms with Gasteiger partial charge in [0.15, 0.2) is 0 Å². The average Bonchev–Trinajstić information content (AvgIpc) is 3.34. The third-order valence-corrected chi connectivity index (χ3v) is 6.82. The fourth-order valence-corrected chi connectivity index (χ4v) is 5.20. The van der Waals surface area contributed by atoms with Gasteiger partial charge in [-0.25, -0.2) is 0 Å². The zero-order valence-electron chi connectivity index (χ0n) is 19.6. The first kappa shape index (κ1) is 20.5. The molecule has 0 atom stereocenters. The van der Waals surface area contributed by atoms with Crippen molar-refractivity contribution in [2.75, 3.05) is 4.90 Å². The van der Waals surface area contributed by atoms with E-state index in [4.69, 9.17) is 4.42 Å². The van der Waals surface area contributed by atoms with E-state index in [0.717, 1.165) is 50.1 Å². The summed E-state index contributed by atoms with van der Waals surface area (Å²) in [6.07, 6.45) is 0. The number of fused-ring (bicyclic) bond motifs is 5. The maximum absolute atomic E-state index is 6.57. The molecule has 170 valence electrons. The molecule has 0 aliphatic rings. The Bertz CT molecular complexity index is 1780. The molecule has 0 aliphatic carbocycles. The molecule has 6 aromatic carbocycles. The summed E-state index contributed by atoms with van der Waals surface area (Å²) in [5.74, 6) is 0. The Labute approximate surface area is 209 Å². The molecule has 0 aliphatic heterocycles. The van der Waals surface area contributed by atoms with Crippen molar-refractivity contribution in [3.8, 4) is 11.1 Å². The number of anilines is 3. The number of nitrogens with zero attached hydrogens (tertiary/aromatic N) is 1. The Kier molecular flexibility index (Phi) is 4.82. The van der Waals surface area contributed by atoms with E-state index in [1.165, 1.54) is 10.8 Å². The van der Waals surface area contributed by atoms with E-state index in [0.29, 0.717) is 0 Å². The van der Waals surface area contributed by atoms with Crippen molar-refractivity contribution in [2.45, 2.75) is 0 Å². The second kappa shape index (κ2) is 8.44. The molecule has 0 fully saturated rings. The summed E-state index contributed by atoms with van der Waals surface area (Å²) >= 11 is 0. The summed E-state index contributed by atoms with van der Waals surface area (Å²) in [4.78, 5) is 2.32. The molecular formula is C34H23NO. The van der Waals surface area contributed by atoms with E-state index in [2.05, 4.69) is 144 Å². The zero-order chi connectivity index (χ0) is 23.9. The summed E-state index contributed by atoms with van der Waals surface area (Å²) in [5, 5.41) is 4.69. The van der Waals surface area contributed by atoms with Crippen LogP contribution in [0.5, 0.6) is 0 Å². The second-order valence-corrected chi connectivity index (χ2v) is 9.00. The predicted molar refractivity (Wildman–Crippen MR) is 151 cm³/mol. The van der Waals surface area contributed by atoms with Crippen molar-refractivity contribution in [3.63, 3.8) is 0 Å². The monoisotopic (exact) mass is 461 g/mol. The number of hydrogen-bond donors (Lipinski definition) is 0. The van der Waals surface area contributed by atoms with E-state index in [1.807, 2.05) is 0 Å². The minimum absolute atomic E-state index is 0.906. The van der Waals surface area contributed by atoms with Crippen LogP contribution in [0, 0.1) is 0 Å². The molecule has 0 saturated carbocycles. The van der Waals surface area contributed by atoms with Gasteiger partial charge in [-0.15, -0.1) is 0 Å². The van der Waals surface area contributed by atoms with Gasteiger partial charge in [0.1, 0.15) is 11.2 Å². The lowest BCUT2D eigenvalue weighted by Gasteiger charge is -2.26. The SMILES string of the molecule is c1ccc(-c2cc(N(c3ccccc3)c3ccccc3)cc3c2oc2ccc4ccccc4c23)cc1. The van der Waals surface area contributed by atoms with Crippen molar-refractivity contribution in [2.24, 2.45) is 0 Å². The normalized spacial score (nSPS) is 11.3. The highest BCUT2D eigenvalue weighted by Crippen LogP contribution is 2.44. The minimum atomic E-state index is 0.906. The summed E-state index contributed by atoms with van der Waals surface area (Å²) in [7, 11) is 0. The van der Waals surface area contributed by atoms with Crippen molar-refractivity contribution in [3.05, 3.63) is 140 Å². The molecule has 0 spiro atoms. The third kappa shape index (κ3) is 3.35. The van der Waals surface area contributed by atoms with Crippen LogP contribution in [0.3, 0.4) is 0 Å². The Morgan fingerprint density at radius 2 is 1.08 bits per heavy atom. The van der Waals surface area contributed by atoms with Crippen LogP contribution < -0.4 is 4.90 Å². The standard InChI is InChI=1S/C34H23NO/c1-4-12-24(13-5-1)30-22-28(35(26-15-6-2-7-16-26)27-17-8-3-9-18-27)23-31-33-29-19-11-10-14-25(29)20-21-32(33)36-34(30)31/h1-23H. The lowest BCUT2D eigenvalue weighted by Crippen LogP contribution is -2.09. The molecule has 0 radical (unpaired) electrons. The number of benzene rings is 6. The van der Waals surface area contributed by atoms with Gasteiger partial charge in [-0.3, -0.25) is 0 Å². The van der Waals surface area contributed by atoms with E-state index in [1.54, 1.807) is 0 Å². The molecule has 36 heavy (non-hydrogen) atoms. The summed E-state index contributed by atoms with van der Waals surface area (Å²) in [6, 6.07) is 48.9. The smallest absolute Gasteiger partial charge is 0.143 e. The van der Waals surface area contributed by atoms with Gasteiger partial charge in [-0.2, -0.15) is 0 Å². The van der Waals surface area contributed by atoms with Crippen LogP contribution >= 0.6 is 0 Å². The molecule has 0 bridgehead atoms. The average molecular weight is 462 g/mol. The maximum Gasteiger partial charge on any atom is 0.143 e. The Hall–Kier alpha value is -4.82. The first-order valence-corrected chi connectivity index (χ1v) is 12.2. The van der Waals surface area contributed by atoms with Crippen LogP contribution in [0.4, 0.5) is 17.1 Å². The highest BCUT2D eigenvalue weighted by molar-refractivity contribution is 6.21. The largest absolute Gasteiger partial charge is 0.455 e. The van der Waals surface area contributed by atoms with Crippen LogP contribution in [0.15, 0.2) is 144 Å². The van der Waals surface area contributed by atoms with Gasteiger partial charge in [0.25, 0.3) is 0 Å². The molecule has 0 amide bonds. The molecule has 1 aromatic heterocycles. The van der Waals surface area contributed by atoms with Gasteiger partial charge >= 0.3 is 0 Å². The molecule has 7 aromatic rings. The van der Waals surface area contributed by atoms with Crippen LogP contribution in [0.2, 0.25) is 0 Å². The van der Waals surface area contributed by atoms with Gasteiger partial charge in [0.2, 0.25) is 0 Å². The summed E-state index contributed by atoms with van der Waals surface area (Å²) in [6.45, 7) is 0. The highest BCUT2D eigenvalue weighted by atomic mass is 16.3. The minimum Gasteiger partial charge on any atom is -0.455 e. The van der Waals surface area contributed by atoms with E-state index in [9.17, 15) is 0 Å². The van der Waals surface area contributed by atoms with E-state index < -0.39 is 0 Å². The number of hydrogen-bond acceptors (Lipinski definition) is 2. The zero-order valence-corrected chi connectivity index (χ0v) is 19.6. The molecule has 2 nitrogen and oxygen atoms in total. The van der Waals surface area contributed by atoms with Crippen molar-refractivity contribution in [1.82, 2.24) is 0 Å².